The molecule has 2 aliphatic rings. The lowest BCUT2D eigenvalue weighted by Gasteiger charge is -2.23. The largest absolute Gasteiger partial charge is 0.384 e. The maximum absolute atomic E-state index is 5.75. The second kappa shape index (κ2) is 12.4. The van der Waals surface area contributed by atoms with Crippen molar-refractivity contribution < 1.29 is 0 Å². The SMILES string of the molecule is Cl.Cl.Cl.Cl.Nc1cccc(CC2CNCC2N[C@H]2CCNC2)n1. The third-order valence-corrected chi connectivity index (χ3v) is 4.15. The maximum Gasteiger partial charge on any atom is 0.123 e. The molecule has 3 atom stereocenters. The minimum atomic E-state index is 0. The van der Waals surface area contributed by atoms with E-state index in [2.05, 4.69) is 27.0 Å². The van der Waals surface area contributed by atoms with Crippen LogP contribution in [0.4, 0.5) is 5.82 Å². The highest BCUT2D eigenvalue weighted by atomic mass is 35.5. The molecule has 5 N–H and O–H groups in total. The van der Waals surface area contributed by atoms with E-state index in [0.717, 1.165) is 38.3 Å². The Kier molecular flexibility index (Phi) is 13.6. The lowest BCUT2D eigenvalue weighted by Crippen LogP contribution is -2.44. The summed E-state index contributed by atoms with van der Waals surface area (Å²) in [6, 6.07) is 7.08. The molecule has 0 radical (unpaired) electrons. The second-order valence-corrected chi connectivity index (χ2v) is 5.64. The number of nitrogens with two attached hydrogens (primary N) is 1. The number of halogens is 4. The van der Waals surface area contributed by atoms with Crippen molar-refractivity contribution in [2.75, 3.05) is 31.9 Å². The standard InChI is InChI=1S/C14H23N5.4ClH/c15-14-3-1-2-11(19-14)6-10-7-17-9-13(10)18-12-4-5-16-8-12;;;;/h1-3,10,12-13,16-18H,4-9H2,(H2,15,19);4*1H/t10?,12-,13?;;;;/m0..../s1. The van der Waals surface area contributed by atoms with Gasteiger partial charge in [0, 0.05) is 30.9 Å². The van der Waals surface area contributed by atoms with Crippen molar-refractivity contribution >= 4 is 55.4 Å². The number of aromatic nitrogens is 1. The van der Waals surface area contributed by atoms with E-state index < -0.39 is 0 Å². The van der Waals surface area contributed by atoms with Gasteiger partial charge >= 0.3 is 0 Å². The first-order valence-corrected chi connectivity index (χ1v) is 7.20. The quantitative estimate of drug-likeness (QED) is 0.608. The molecule has 0 spiro atoms. The van der Waals surface area contributed by atoms with Crippen LogP contribution in [0.2, 0.25) is 0 Å². The monoisotopic (exact) mass is 405 g/mol. The fourth-order valence-electron chi connectivity index (χ4n) is 3.12. The van der Waals surface area contributed by atoms with Crippen LogP contribution in [-0.4, -0.2) is 43.2 Å². The molecule has 5 nitrogen and oxygen atoms in total. The smallest absolute Gasteiger partial charge is 0.123 e. The van der Waals surface area contributed by atoms with Crippen molar-refractivity contribution in [2.45, 2.75) is 24.9 Å². The van der Waals surface area contributed by atoms with E-state index in [-0.39, 0.29) is 49.6 Å². The van der Waals surface area contributed by atoms with Gasteiger partial charge in [0.1, 0.15) is 5.82 Å². The van der Waals surface area contributed by atoms with Crippen molar-refractivity contribution in [1.82, 2.24) is 20.9 Å². The minimum absolute atomic E-state index is 0. The molecule has 2 aliphatic heterocycles. The molecular weight excluding hydrogens is 380 g/mol. The predicted molar refractivity (Wildman–Crippen MR) is 106 cm³/mol. The molecule has 2 fully saturated rings. The Hall–Kier alpha value is -0.0100. The van der Waals surface area contributed by atoms with Crippen molar-refractivity contribution in [2.24, 2.45) is 5.92 Å². The van der Waals surface area contributed by atoms with E-state index in [1.54, 1.807) is 0 Å². The van der Waals surface area contributed by atoms with Crippen molar-refractivity contribution in [3.05, 3.63) is 23.9 Å². The summed E-state index contributed by atoms with van der Waals surface area (Å²) in [6.45, 7) is 4.36. The van der Waals surface area contributed by atoms with Gasteiger partial charge in [0.2, 0.25) is 0 Å². The summed E-state index contributed by atoms with van der Waals surface area (Å²) in [7, 11) is 0. The third kappa shape index (κ3) is 7.18. The molecular formula is C14H27Cl4N5. The Balaban J connectivity index is 0. The molecule has 0 saturated carbocycles. The fourth-order valence-corrected chi connectivity index (χ4v) is 3.12. The average Bonchev–Trinajstić information content (AvgIpc) is 3.03. The molecule has 0 amide bonds. The van der Waals surface area contributed by atoms with Crippen LogP contribution < -0.4 is 21.7 Å². The van der Waals surface area contributed by atoms with E-state index in [4.69, 9.17) is 5.73 Å². The van der Waals surface area contributed by atoms with E-state index in [1.807, 2.05) is 12.1 Å². The zero-order valence-corrected chi connectivity index (χ0v) is 16.1. The van der Waals surface area contributed by atoms with Gasteiger partial charge in [-0.3, -0.25) is 0 Å². The number of nitrogens with zero attached hydrogens (tertiary/aromatic N) is 1. The Labute approximate surface area is 163 Å². The van der Waals surface area contributed by atoms with E-state index >= 15 is 0 Å². The summed E-state index contributed by atoms with van der Waals surface area (Å²) in [5.41, 5.74) is 6.85. The lowest BCUT2D eigenvalue weighted by molar-refractivity contribution is 0.381. The first-order valence-electron chi connectivity index (χ1n) is 7.20. The molecule has 3 heterocycles. The Bertz CT molecular complexity index is 431. The predicted octanol–water partition coefficient (Wildman–Crippen LogP) is 1.43. The van der Waals surface area contributed by atoms with Crippen LogP contribution in [0, 0.1) is 5.92 Å². The van der Waals surface area contributed by atoms with Gasteiger partial charge in [-0.1, -0.05) is 6.07 Å². The zero-order valence-electron chi connectivity index (χ0n) is 12.9. The Morgan fingerprint density at radius 1 is 1.09 bits per heavy atom. The van der Waals surface area contributed by atoms with Gasteiger partial charge in [-0.15, -0.1) is 49.6 Å². The van der Waals surface area contributed by atoms with E-state index in [9.17, 15) is 0 Å². The molecule has 1 aromatic heterocycles. The summed E-state index contributed by atoms with van der Waals surface area (Å²) in [6.07, 6.45) is 2.23. The molecule has 2 saturated heterocycles. The van der Waals surface area contributed by atoms with Crippen LogP contribution >= 0.6 is 49.6 Å². The molecule has 136 valence electrons. The highest BCUT2D eigenvalue weighted by Crippen LogP contribution is 2.17. The molecule has 9 heteroatoms. The van der Waals surface area contributed by atoms with Gasteiger partial charge in [0.05, 0.1) is 0 Å². The molecule has 3 rings (SSSR count). The topological polar surface area (TPSA) is 75.0 Å². The average molecular weight is 407 g/mol. The van der Waals surface area contributed by atoms with Crippen LogP contribution in [0.3, 0.4) is 0 Å². The number of nitrogen functional groups attached to an aromatic ring is 1. The second-order valence-electron chi connectivity index (χ2n) is 5.64. The van der Waals surface area contributed by atoms with Crippen LogP contribution in [0.15, 0.2) is 18.2 Å². The fraction of sp³-hybridized carbons (Fsp3) is 0.643. The van der Waals surface area contributed by atoms with Crippen LogP contribution in [0.5, 0.6) is 0 Å². The van der Waals surface area contributed by atoms with Gasteiger partial charge in [0.15, 0.2) is 0 Å². The highest BCUT2D eigenvalue weighted by molar-refractivity contribution is 5.86. The van der Waals surface area contributed by atoms with Gasteiger partial charge in [0.25, 0.3) is 0 Å². The number of hydrogen-bond donors (Lipinski definition) is 4. The summed E-state index contributed by atoms with van der Waals surface area (Å²) in [4.78, 5) is 4.41. The molecule has 23 heavy (non-hydrogen) atoms. The van der Waals surface area contributed by atoms with E-state index in [1.165, 1.54) is 6.42 Å². The first-order chi connectivity index (χ1) is 9.31. The van der Waals surface area contributed by atoms with Gasteiger partial charge in [-0.05, 0) is 44.0 Å². The number of hydrogen-bond acceptors (Lipinski definition) is 5. The Morgan fingerprint density at radius 2 is 1.87 bits per heavy atom. The van der Waals surface area contributed by atoms with E-state index in [0.29, 0.717) is 23.8 Å². The highest BCUT2D eigenvalue weighted by Gasteiger charge is 2.30. The molecule has 1 aromatic rings. The van der Waals surface area contributed by atoms with Gasteiger partial charge in [-0.2, -0.15) is 0 Å². The normalized spacial score (nSPS) is 25.5. The zero-order chi connectivity index (χ0) is 13.1. The van der Waals surface area contributed by atoms with Gasteiger partial charge < -0.3 is 21.7 Å². The number of pyridine rings is 1. The van der Waals surface area contributed by atoms with Crippen molar-refractivity contribution in [3.8, 4) is 0 Å². The van der Waals surface area contributed by atoms with Crippen molar-refractivity contribution in [1.29, 1.82) is 0 Å². The van der Waals surface area contributed by atoms with Crippen LogP contribution in [-0.2, 0) is 6.42 Å². The summed E-state index contributed by atoms with van der Waals surface area (Å²) in [5.74, 6) is 1.22. The first kappa shape index (κ1) is 25.2. The van der Waals surface area contributed by atoms with Crippen LogP contribution in [0.1, 0.15) is 12.1 Å². The molecule has 2 unspecified atom stereocenters. The van der Waals surface area contributed by atoms with Crippen LogP contribution in [0.25, 0.3) is 0 Å². The molecule has 0 bridgehead atoms. The Morgan fingerprint density at radius 3 is 2.52 bits per heavy atom. The molecule has 0 aliphatic carbocycles. The van der Waals surface area contributed by atoms with Crippen molar-refractivity contribution in [3.63, 3.8) is 0 Å². The maximum atomic E-state index is 5.75. The molecule has 0 aromatic carbocycles. The minimum Gasteiger partial charge on any atom is -0.384 e. The van der Waals surface area contributed by atoms with Gasteiger partial charge in [-0.25, -0.2) is 4.98 Å². The number of anilines is 1. The summed E-state index contributed by atoms with van der Waals surface area (Å²) >= 11 is 0. The number of nitrogens with one attached hydrogen (secondary N) is 3. The summed E-state index contributed by atoms with van der Waals surface area (Å²) in [5, 5.41) is 10.7. The number of rotatable bonds is 4. The summed E-state index contributed by atoms with van der Waals surface area (Å²) < 4.78 is 0. The third-order valence-electron chi connectivity index (χ3n) is 4.15. The lowest BCUT2D eigenvalue weighted by atomic mass is 9.96.